The molecule has 1 aromatic heterocycles. The molecule has 0 fully saturated rings. The Hall–Kier alpha value is -1.02. The van der Waals surface area contributed by atoms with Crippen molar-refractivity contribution in [2.75, 3.05) is 0 Å². The molecule has 74 valence electrons. The van der Waals surface area contributed by atoms with Gasteiger partial charge in [0.2, 0.25) is 0 Å². The molecule has 0 spiro atoms. The van der Waals surface area contributed by atoms with E-state index in [1.54, 1.807) is 0 Å². The van der Waals surface area contributed by atoms with Gasteiger partial charge in [-0.3, -0.25) is 0 Å². The number of benzene rings is 2. The van der Waals surface area contributed by atoms with E-state index in [9.17, 15) is 0 Å². The maximum absolute atomic E-state index is 3.41. The summed E-state index contributed by atoms with van der Waals surface area (Å²) in [4.78, 5) is 3.41. The summed E-state index contributed by atoms with van der Waals surface area (Å²) in [6.45, 7) is 0. The van der Waals surface area contributed by atoms with Crippen molar-refractivity contribution >= 4 is 40.5 Å². The Morgan fingerprint density at radius 3 is 2.19 bits per heavy atom. The Bertz CT molecular complexity index is 551. The van der Waals surface area contributed by atoms with Crippen molar-refractivity contribution in [3.05, 3.63) is 60.7 Å². The monoisotopic (exact) mass is 217 g/mol. The van der Waals surface area contributed by atoms with Crippen LogP contribution in [0.2, 0.25) is 0 Å². The van der Waals surface area contributed by atoms with Gasteiger partial charge in [0.1, 0.15) is 0 Å². The van der Waals surface area contributed by atoms with E-state index in [2.05, 4.69) is 53.5 Å². The molecule has 0 atom stereocenters. The van der Waals surface area contributed by atoms with Crippen LogP contribution in [0.3, 0.4) is 0 Å². The van der Waals surface area contributed by atoms with Crippen molar-refractivity contribution in [2.45, 2.75) is 0 Å². The van der Waals surface area contributed by atoms with Crippen LogP contribution in [-0.4, -0.2) is 34.5 Å². The quantitative estimate of drug-likeness (QED) is 0.602. The Kier molecular flexibility index (Phi) is 3.49. The van der Waals surface area contributed by atoms with Crippen LogP contribution in [0, 0.1) is 0 Å². The molecule has 0 amide bonds. The second kappa shape index (κ2) is 4.88. The van der Waals surface area contributed by atoms with Crippen molar-refractivity contribution in [3.8, 4) is 11.3 Å². The molecule has 3 aromatic rings. The summed E-state index contributed by atoms with van der Waals surface area (Å²) in [7, 11) is 0. The number of nitrogens with one attached hydrogen (secondary N) is 1. The van der Waals surface area contributed by atoms with Gasteiger partial charge in [-0.25, -0.2) is 0 Å². The molecule has 0 radical (unpaired) electrons. The van der Waals surface area contributed by atoms with E-state index < -0.39 is 0 Å². The van der Waals surface area contributed by atoms with E-state index in [1.807, 2.05) is 12.1 Å². The number of H-pyrrole nitrogens is 1. The molecule has 16 heavy (non-hydrogen) atoms. The first-order chi connectivity index (χ1) is 7.43. The average molecular weight is 217 g/mol. The normalized spacial score (nSPS) is 10.0. The Morgan fingerprint density at radius 2 is 1.44 bits per heavy atom. The van der Waals surface area contributed by atoms with Gasteiger partial charge < -0.3 is 4.98 Å². The molecular formula is C14H12NNa. The first-order valence-electron chi connectivity index (χ1n) is 5.07. The zero-order valence-corrected chi connectivity index (χ0v) is 8.27. The van der Waals surface area contributed by atoms with Gasteiger partial charge in [-0.05, 0) is 17.7 Å². The average Bonchev–Trinajstić information content (AvgIpc) is 2.74. The molecule has 1 N–H and O–H groups in total. The molecule has 1 nitrogen and oxygen atoms in total. The van der Waals surface area contributed by atoms with E-state index in [1.165, 1.54) is 22.2 Å². The number of hydrogen-bond donors (Lipinski definition) is 1. The van der Waals surface area contributed by atoms with E-state index in [0.717, 1.165) is 0 Å². The number of rotatable bonds is 1. The minimum atomic E-state index is 0. The first-order valence-corrected chi connectivity index (χ1v) is 5.07. The molecular weight excluding hydrogens is 205 g/mol. The maximum atomic E-state index is 3.41. The van der Waals surface area contributed by atoms with Gasteiger partial charge in [0, 0.05) is 16.6 Å². The molecule has 3 rings (SSSR count). The molecule has 0 aliphatic carbocycles. The fourth-order valence-electron chi connectivity index (χ4n) is 1.85. The summed E-state index contributed by atoms with van der Waals surface area (Å²) in [6, 6.07) is 20.9. The van der Waals surface area contributed by atoms with Crippen LogP contribution in [0.25, 0.3) is 22.2 Å². The standard InChI is InChI=1S/C14H11N.Na.H/c1-2-6-11(7-3-1)14-10-12-8-4-5-9-13(12)15-14;;/h1-10,15H;;. The minimum Gasteiger partial charge on any atom is -0.355 e. The van der Waals surface area contributed by atoms with Crippen molar-refractivity contribution in [1.82, 2.24) is 4.98 Å². The third-order valence-corrected chi connectivity index (χ3v) is 2.61. The first kappa shape index (κ1) is 11.5. The second-order valence-electron chi connectivity index (χ2n) is 3.64. The fourth-order valence-corrected chi connectivity index (χ4v) is 1.85. The third-order valence-electron chi connectivity index (χ3n) is 2.61. The Morgan fingerprint density at radius 1 is 0.750 bits per heavy atom. The summed E-state index contributed by atoms with van der Waals surface area (Å²) in [5.41, 5.74) is 3.60. The number of aromatic amines is 1. The topological polar surface area (TPSA) is 15.8 Å². The predicted molar refractivity (Wildman–Crippen MR) is 70.9 cm³/mol. The van der Waals surface area contributed by atoms with E-state index in [0.29, 0.717) is 0 Å². The predicted octanol–water partition coefficient (Wildman–Crippen LogP) is 3.19. The van der Waals surface area contributed by atoms with Gasteiger partial charge in [0.25, 0.3) is 0 Å². The fraction of sp³-hybridized carbons (Fsp3) is 0. The van der Waals surface area contributed by atoms with Crippen LogP contribution >= 0.6 is 0 Å². The molecule has 0 aliphatic heterocycles. The van der Waals surface area contributed by atoms with E-state index in [4.69, 9.17) is 0 Å². The van der Waals surface area contributed by atoms with Crippen LogP contribution in [0.1, 0.15) is 0 Å². The van der Waals surface area contributed by atoms with Crippen molar-refractivity contribution in [2.24, 2.45) is 0 Å². The summed E-state index contributed by atoms with van der Waals surface area (Å²) >= 11 is 0. The van der Waals surface area contributed by atoms with Crippen molar-refractivity contribution in [3.63, 3.8) is 0 Å². The third kappa shape index (κ3) is 2.07. The SMILES string of the molecule is [NaH].c1ccc(-c2cc3ccccc3[nH]2)cc1. The molecule has 0 saturated carbocycles. The van der Waals surface area contributed by atoms with Gasteiger partial charge in [-0.15, -0.1) is 0 Å². The van der Waals surface area contributed by atoms with Gasteiger partial charge in [-0.1, -0.05) is 48.5 Å². The number of hydrogen-bond acceptors (Lipinski definition) is 0. The zero-order chi connectivity index (χ0) is 10.1. The van der Waals surface area contributed by atoms with Gasteiger partial charge in [-0.2, -0.15) is 0 Å². The number of aromatic nitrogens is 1. The molecule has 0 bridgehead atoms. The Balaban J connectivity index is 0.000000963. The number of fused-ring (bicyclic) bond motifs is 1. The molecule has 2 aromatic carbocycles. The molecule has 0 saturated heterocycles. The van der Waals surface area contributed by atoms with E-state index in [-0.39, 0.29) is 29.6 Å². The second-order valence-corrected chi connectivity index (χ2v) is 3.64. The van der Waals surface area contributed by atoms with Crippen LogP contribution < -0.4 is 0 Å². The largest absolute Gasteiger partial charge is 0.355 e. The van der Waals surface area contributed by atoms with Crippen LogP contribution in [0.5, 0.6) is 0 Å². The maximum Gasteiger partial charge on any atom is 0.0464 e. The van der Waals surface area contributed by atoms with Crippen LogP contribution in [0.4, 0.5) is 0 Å². The summed E-state index contributed by atoms with van der Waals surface area (Å²) in [5.74, 6) is 0. The smallest absolute Gasteiger partial charge is 0.0464 e. The van der Waals surface area contributed by atoms with Crippen molar-refractivity contribution < 1.29 is 0 Å². The van der Waals surface area contributed by atoms with Gasteiger partial charge >= 0.3 is 29.6 Å². The van der Waals surface area contributed by atoms with Gasteiger partial charge in [0.05, 0.1) is 0 Å². The molecule has 0 aliphatic rings. The van der Waals surface area contributed by atoms with Crippen molar-refractivity contribution in [1.29, 1.82) is 0 Å². The number of para-hydroxylation sites is 1. The summed E-state index contributed by atoms with van der Waals surface area (Å²) < 4.78 is 0. The zero-order valence-electron chi connectivity index (χ0n) is 8.27. The minimum absolute atomic E-state index is 0. The molecule has 0 unspecified atom stereocenters. The molecule has 1 heterocycles. The Labute approximate surface area is 117 Å². The van der Waals surface area contributed by atoms with E-state index >= 15 is 0 Å². The van der Waals surface area contributed by atoms with Gasteiger partial charge in [0.15, 0.2) is 0 Å². The van der Waals surface area contributed by atoms with Crippen LogP contribution in [-0.2, 0) is 0 Å². The summed E-state index contributed by atoms with van der Waals surface area (Å²) in [5, 5.41) is 1.26. The molecule has 2 heteroatoms. The summed E-state index contributed by atoms with van der Waals surface area (Å²) in [6.07, 6.45) is 0. The van der Waals surface area contributed by atoms with Crippen LogP contribution in [0.15, 0.2) is 60.7 Å².